The lowest BCUT2D eigenvalue weighted by Crippen LogP contribution is -2.43. The lowest BCUT2D eigenvalue weighted by atomic mass is 10.0. The molecule has 0 saturated carbocycles. The average molecular weight is 361 g/mol. The Balaban J connectivity index is 1.37. The molecule has 0 atom stereocenters. The van der Waals surface area contributed by atoms with Crippen molar-refractivity contribution in [2.24, 2.45) is 7.05 Å². The minimum Gasteiger partial charge on any atom is -0.371 e. The van der Waals surface area contributed by atoms with Crippen LogP contribution in [0.3, 0.4) is 0 Å². The number of aromatic nitrogens is 2. The van der Waals surface area contributed by atoms with Crippen LogP contribution in [0.5, 0.6) is 0 Å². The highest BCUT2D eigenvalue weighted by Crippen LogP contribution is 2.29. The number of imidazole rings is 1. The van der Waals surface area contributed by atoms with Crippen LogP contribution in [0.2, 0.25) is 0 Å². The summed E-state index contributed by atoms with van der Waals surface area (Å²) in [7, 11) is 2.11. The number of para-hydroxylation sites is 2. The molecular weight excluding hydrogens is 332 g/mol. The smallest absolute Gasteiger partial charge is 0.140 e. The predicted molar refractivity (Wildman–Crippen MR) is 112 cm³/mol. The summed E-state index contributed by atoms with van der Waals surface area (Å²) in [5.74, 6) is 1.05. The first kappa shape index (κ1) is 16.8. The van der Waals surface area contributed by atoms with Crippen LogP contribution in [0.1, 0.15) is 25.7 Å². The monoisotopic (exact) mass is 360 g/mol. The van der Waals surface area contributed by atoms with Gasteiger partial charge in [0.25, 0.3) is 0 Å². The maximum Gasteiger partial charge on any atom is 0.140 e. The molecule has 0 aliphatic carbocycles. The molecule has 2 aliphatic rings. The number of nitrogens with zero attached hydrogens (tertiary/aromatic N) is 4. The third-order valence-electron chi connectivity index (χ3n) is 6.38. The van der Waals surface area contributed by atoms with Crippen molar-refractivity contribution in [3.63, 3.8) is 0 Å². The Bertz CT molecular complexity index is 930. The summed E-state index contributed by atoms with van der Waals surface area (Å²) in [4.78, 5) is 10.1. The molecule has 4 nitrogen and oxygen atoms in total. The second kappa shape index (κ2) is 7.01. The zero-order valence-corrected chi connectivity index (χ0v) is 16.1. The van der Waals surface area contributed by atoms with Gasteiger partial charge in [0.2, 0.25) is 0 Å². The second-order valence-corrected chi connectivity index (χ2v) is 7.99. The fourth-order valence-electron chi connectivity index (χ4n) is 4.84. The highest BCUT2D eigenvalue weighted by atomic mass is 15.2. The van der Waals surface area contributed by atoms with Gasteiger partial charge in [-0.25, -0.2) is 4.98 Å². The molecule has 140 valence electrons. The molecule has 1 aromatic heterocycles. The van der Waals surface area contributed by atoms with Crippen molar-refractivity contribution in [2.45, 2.75) is 31.7 Å². The van der Waals surface area contributed by atoms with Crippen LogP contribution in [0.25, 0.3) is 22.4 Å². The molecule has 0 spiro atoms. The van der Waals surface area contributed by atoms with Crippen molar-refractivity contribution in [1.82, 2.24) is 14.5 Å². The first-order valence-electron chi connectivity index (χ1n) is 10.3. The van der Waals surface area contributed by atoms with Crippen molar-refractivity contribution in [3.8, 4) is 11.4 Å². The Hall–Kier alpha value is -2.33. The van der Waals surface area contributed by atoms with E-state index in [4.69, 9.17) is 4.98 Å². The van der Waals surface area contributed by atoms with Gasteiger partial charge in [-0.2, -0.15) is 0 Å². The van der Waals surface area contributed by atoms with Crippen LogP contribution in [-0.2, 0) is 7.05 Å². The Morgan fingerprint density at radius 1 is 0.889 bits per heavy atom. The van der Waals surface area contributed by atoms with E-state index < -0.39 is 0 Å². The van der Waals surface area contributed by atoms with Gasteiger partial charge in [0.05, 0.1) is 11.0 Å². The van der Waals surface area contributed by atoms with E-state index in [0.717, 1.165) is 30.5 Å². The topological polar surface area (TPSA) is 24.3 Å². The Labute approximate surface area is 161 Å². The van der Waals surface area contributed by atoms with E-state index in [1.807, 2.05) is 0 Å². The normalized spacial score (nSPS) is 19.2. The van der Waals surface area contributed by atoms with Gasteiger partial charge in [-0.3, -0.25) is 0 Å². The van der Waals surface area contributed by atoms with Gasteiger partial charge in [-0.1, -0.05) is 24.3 Å². The SMILES string of the molecule is Cn1c(-c2cccc(N3CCC(N4CCCC4)CC3)c2)nc2ccccc21. The van der Waals surface area contributed by atoms with E-state index in [0.29, 0.717) is 0 Å². The van der Waals surface area contributed by atoms with Crippen LogP contribution < -0.4 is 4.90 Å². The van der Waals surface area contributed by atoms with E-state index in [1.165, 1.54) is 55.5 Å². The van der Waals surface area contributed by atoms with Gasteiger partial charge in [0, 0.05) is 37.4 Å². The largest absolute Gasteiger partial charge is 0.371 e. The maximum atomic E-state index is 4.87. The third-order valence-corrected chi connectivity index (χ3v) is 6.38. The number of rotatable bonds is 3. The zero-order valence-electron chi connectivity index (χ0n) is 16.1. The fraction of sp³-hybridized carbons (Fsp3) is 0.435. The van der Waals surface area contributed by atoms with Crippen LogP contribution in [0.15, 0.2) is 48.5 Å². The first-order valence-corrected chi connectivity index (χ1v) is 10.3. The van der Waals surface area contributed by atoms with Gasteiger partial charge < -0.3 is 14.4 Å². The van der Waals surface area contributed by atoms with Gasteiger partial charge >= 0.3 is 0 Å². The molecule has 0 bridgehead atoms. The van der Waals surface area contributed by atoms with Crippen LogP contribution in [0, 0.1) is 0 Å². The van der Waals surface area contributed by atoms with E-state index >= 15 is 0 Å². The molecular formula is C23H28N4. The number of likely N-dealkylation sites (tertiary alicyclic amines) is 1. The van der Waals surface area contributed by atoms with Crippen LogP contribution in [-0.4, -0.2) is 46.7 Å². The molecule has 3 heterocycles. The number of fused-ring (bicyclic) bond motifs is 1. The third kappa shape index (κ3) is 3.12. The number of aryl methyl sites for hydroxylation is 1. The predicted octanol–water partition coefficient (Wildman–Crippen LogP) is 4.30. The highest BCUT2D eigenvalue weighted by molar-refractivity contribution is 5.81. The van der Waals surface area contributed by atoms with Crippen molar-refractivity contribution < 1.29 is 0 Å². The molecule has 27 heavy (non-hydrogen) atoms. The first-order chi connectivity index (χ1) is 13.3. The standard InChI is InChI=1S/C23H28N4/c1-25-22-10-3-2-9-21(22)24-23(25)18-7-6-8-20(17-18)27-15-11-19(12-16-27)26-13-4-5-14-26/h2-3,6-10,17,19H,4-5,11-16H2,1H3. The summed E-state index contributed by atoms with van der Waals surface area (Å²) >= 11 is 0. The number of piperidine rings is 1. The van der Waals surface area contributed by atoms with Crippen molar-refractivity contribution >= 4 is 16.7 Å². The molecule has 2 fully saturated rings. The number of hydrogen-bond donors (Lipinski definition) is 0. The number of benzene rings is 2. The lowest BCUT2D eigenvalue weighted by molar-refractivity contribution is 0.208. The molecule has 2 aliphatic heterocycles. The maximum absolute atomic E-state index is 4.87. The van der Waals surface area contributed by atoms with E-state index in [-0.39, 0.29) is 0 Å². The Morgan fingerprint density at radius 2 is 1.67 bits per heavy atom. The van der Waals surface area contributed by atoms with Crippen LogP contribution in [0.4, 0.5) is 5.69 Å². The van der Waals surface area contributed by atoms with Gasteiger partial charge in [0.15, 0.2) is 0 Å². The molecule has 2 aromatic carbocycles. The van der Waals surface area contributed by atoms with Crippen molar-refractivity contribution in [3.05, 3.63) is 48.5 Å². The van der Waals surface area contributed by atoms with Gasteiger partial charge in [-0.05, 0) is 63.0 Å². The number of anilines is 1. The molecule has 0 radical (unpaired) electrons. The summed E-state index contributed by atoms with van der Waals surface area (Å²) in [6.07, 6.45) is 5.35. The molecule has 3 aromatic rings. The molecule has 2 saturated heterocycles. The lowest BCUT2D eigenvalue weighted by Gasteiger charge is -2.38. The Morgan fingerprint density at radius 3 is 2.44 bits per heavy atom. The van der Waals surface area contributed by atoms with Crippen molar-refractivity contribution in [1.29, 1.82) is 0 Å². The quantitative estimate of drug-likeness (QED) is 0.696. The Kier molecular flexibility index (Phi) is 4.36. The van der Waals surface area contributed by atoms with Crippen LogP contribution >= 0.6 is 0 Å². The summed E-state index contributed by atoms with van der Waals surface area (Å²) in [5.41, 5.74) is 4.78. The molecule has 4 heteroatoms. The summed E-state index contributed by atoms with van der Waals surface area (Å²) in [5, 5.41) is 0. The van der Waals surface area contributed by atoms with E-state index in [9.17, 15) is 0 Å². The minimum absolute atomic E-state index is 0.798. The second-order valence-electron chi connectivity index (χ2n) is 7.99. The molecule has 0 amide bonds. The highest BCUT2D eigenvalue weighted by Gasteiger charge is 2.26. The fourth-order valence-corrected chi connectivity index (χ4v) is 4.84. The van der Waals surface area contributed by atoms with Gasteiger partial charge in [0.1, 0.15) is 5.82 Å². The average Bonchev–Trinajstić information content (AvgIpc) is 3.37. The van der Waals surface area contributed by atoms with E-state index in [1.54, 1.807) is 0 Å². The van der Waals surface area contributed by atoms with Gasteiger partial charge in [-0.15, -0.1) is 0 Å². The minimum atomic E-state index is 0.798. The molecule has 0 N–H and O–H groups in total. The van der Waals surface area contributed by atoms with E-state index in [2.05, 4.69) is 69.9 Å². The molecule has 5 rings (SSSR count). The number of hydrogen-bond acceptors (Lipinski definition) is 3. The zero-order chi connectivity index (χ0) is 18.2. The van der Waals surface area contributed by atoms with Crippen molar-refractivity contribution in [2.75, 3.05) is 31.1 Å². The summed E-state index contributed by atoms with van der Waals surface area (Å²) in [6.45, 7) is 4.94. The summed E-state index contributed by atoms with van der Waals surface area (Å²) in [6, 6.07) is 18.1. The summed E-state index contributed by atoms with van der Waals surface area (Å²) < 4.78 is 2.20. The molecule has 0 unspecified atom stereocenters.